The molecule has 0 bridgehead atoms. The molecule has 0 radical (unpaired) electrons. The number of hydrogen-bond donors (Lipinski definition) is 3. The van der Waals surface area contributed by atoms with Gasteiger partial charge < -0.3 is 25.2 Å². The minimum absolute atomic E-state index is 0.0531. The van der Waals surface area contributed by atoms with Crippen LogP contribution in [0, 0.1) is 5.92 Å². The van der Waals surface area contributed by atoms with Crippen molar-refractivity contribution in [2.75, 3.05) is 25.7 Å². The lowest BCUT2D eigenvalue weighted by molar-refractivity contribution is -0.140. The molecule has 0 fully saturated rings. The second kappa shape index (κ2) is 15.2. The fraction of sp³-hybridized carbons (Fsp3) is 0.583. The van der Waals surface area contributed by atoms with Crippen LogP contribution in [0.25, 0.3) is 0 Å². The van der Waals surface area contributed by atoms with Crippen molar-refractivity contribution in [2.24, 2.45) is 5.92 Å². The Morgan fingerprint density at radius 2 is 1.79 bits per heavy atom. The maximum atomic E-state index is 12.9. The summed E-state index contributed by atoms with van der Waals surface area (Å²) >= 11 is 1.42. The molecule has 0 aliphatic carbocycles. The zero-order valence-corrected chi connectivity index (χ0v) is 21.3. The molecule has 1 aromatic rings. The zero-order chi connectivity index (χ0) is 25.7. The minimum atomic E-state index is -1.19. The van der Waals surface area contributed by atoms with Gasteiger partial charge in [0.15, 0.2) is 5.78 Å². The van der Waals surface area contributed by atoms with Crippen LogP contribution in [0.2, 0.25) is 0 Å². The van der Waals surface area contributed by atoms with Crippen molar-refractivity contribution in [3.05, 3.63) is 23.8 Å². The molecule has 190 valence electrons. The Balaban J connectivity index is 2.88. The van der Waals surface area contributed by atoms with Crippen molar-refractivity contribution in [3.63, 3.8) is 0 Å². The molecule has 1 aromatic carbocycles. The van der Waals surface area contributed by atoms with Crippen LogP contribution in [0.4, 0.5) is 0 Å². The number of carboxylic acid groups (broad SMARTS) is 1. The fourth-order valence-electron chi connectivity index (χ4n) is 3.15. The van der Waals surface area contributed by atoms with E-state index < -0.39 is 36.3 Å². The summed E-state index contributed by atoms with van der Waals surface area (Å²) in [6.07, 6.45) is 1.38. The highest BCUT2D eigenvalue weighted by Gasteiger charge is 2.30. The maximum absolute atomic E-state index is 12.9. The SMILES string of the molecule is CCCCSCC(=O)C(CC(=O)O)NC(=O)C(NC(=O)Cc1cc(OC)ccc1OC)C(C)C. The summed E-state index contributed by atoms with van der Waals surface area (Å²) in [5, 5.41) is 14.4. The van der Waals surface area contributed by atoms with E-state index in [0.29, 0.717) is 17.1 Å². The Hall–Kier alpha value is -2.75. The summed E-state index contributed by atoms with van der Waals surface area (Å²) in [6, 6.07) is 2.98. The van der Waals surface area contributed by atoms with E-state index in [1.165, 1.54) is 26.0 Å². The number of carbonyl (C=O) groups excluding carboxylic acids is 3. The summed E-state index contributed by atoms with van der Waals surface area (Å²) in [4.78, 5) is 49.5. The van der Waals surface area contributed by atoms with E-state index in [-0.39, 0.29) is 23.9 Å². The van der Waals surface area contributed by atoms with Crippen molar-refractivity contribution >= 4 is 35.3 Å². The second-order valence-corrected chi connectivity index (χ2v) is 9.28. The van der Waals surface area contributed by atoms with Crippen LogP contribution in [0.5, 0.6) is 11.5 Å². The van der Waals surface area contributed by atoms with E-state index in [9.17, 15) is 24.3 Å². The lowest BCUT2D eigenvalue weighted by Crippen LogP contribution is -2.54. The normalized spacial score (nSPS) is 12.5. The molecule has 9 nitrogen and oxygen atoms in total. The van der Waals surface area contributed by atoms with Gasteiger partial charge in [0.2, 0.25) is 11.8 Å². The van der Waals surface area contributed by atoms with Crippen LogP contribution in [0.15, 0.2) is 18.2 Å². The van der Waals surface area contributed by atoms with Crippen LogP contribution >= 0.6 is 11.8 Å². The molecule has 0 aliphatic rings. The van der Waals surface area contributed by atoms with Crippen LogP contribution in [0.1, 0.15) is 45.6 Å². The Morgan fingerprint density at radius 1 is 1.09 bits per heavy atom. The third-order valence-corrected chi connectivity index (χ3v) is 6.14. The average Bonchev–Trinajstić information content (AvgIpc) is 2.79. The fourth-order valence-corrected chi connectivity index (χ4v) is 4.19. The molecule has 0 spiro atoms. The molecule has 0 saturated carbocycles. The number of carboxylic acids is 1. The third-order valence-electron chi connectivity index (χ3n) is 5.07. The van der Waals surface area contributed by atoms with Gasteiger partial charge in [0.1, 0.15) is 17.5 Å². The minimum Gasteiger partial charge on any atom is -0.497 e. The molecular weight excluding hydrogens is 460 g/mol. The van der Waals surface area contributed by atoms with Gasteiger partial charge in [0.05, 0.1) is 38.9 Å². The predicted octanol–water partition coefficient (Wildman–Crippen LogP) is 2.45. The summed E-state index contributed by atoms with van der Waals surface area (Å²) in [5.74, 6) is -0.880. The van der Waals surface area contributed by atoms with E-state index in [0.717, 1.165) is 18.6 Å². The van der Waals surface area contributed by atoms with Crippen molar-refractivity contribution in [2.45, 2.75) is 58.5 Å². The van der Waals surface area contributed by atoms with Crippen molar-refractivity contribution < 1.29 is 33.8 Å². The Bertz CT molecular complexity index is 845. The average molecular weight is 497 g/mol. The maximum Gasteiger partial charge on any atom is 0.305 e. The van der Waals surface area contributed by atoms with Crippen molar-refractivity contribution in [1.29, 1.82) is 0 Å². The highest BCUT2D eigenvalue weighted by molar-refractivity contribution is 7.99. The van der Waals surface area contributed by atoms with Gasteiger partial charge in [-0.2, -0.15) is 11.8 Å². The highest BCUT2D eigenvalue weighted by atomic mass is 32.2. The number of benzene rings is 1. The van der Waals surface area contributed by atoms with Gasteiger partial charge in [0.25, 0.3) is 0 Å². The van der Waals surface area contributed by atoms with E-state index in [4.69, 9.17) is 9.47 Å². The molecule has 0 aromatic heterocycles. The number of Topliss-reactive ketones (excluding diaryl/α,β-unsaturated/α-hetero) is 1. The number of methoxy groups -OCH3 is 2. The monoisotopic (exact) mass is 496 g/mol. The van der Waals surface area contributed by atoms with Gasteiger partial charge in [0, 0.05) is 5.56 Å². The molecule has 3 N–H and O–H groups in total. The van der Waals surface area contributed by atoms with Crippen LogP contribution in [0.3, 0.4) is 0 Å². The number of nitrogens with one attached hydrogen (secondary N) is 2. The third kappa shape index (κ3) is 10.0. The number of ketones is 1. The predicted molar refractivity (Wildman–Crippen MR) is 131 cm³/mol. The number of aliphatic carboxylic acids is 1. The highest BCUT2D eigenvalue weighted by Crippen LogP contribution is 2.24. The topological polar surface area (TPSA) is 131 Å². The second-order valence-electron chi connectivity index (χ2n) is 8.18. The summed E-state index contributed by atoms with van der Waals surface area (Å²) in [5.41, 5.74) is 0.588. The number of thioether (sulfide) groups is 1. The molecule has 2 amide bonds. The van der Waals surface area contributed by atoms with Crippen LogP contribution < -0.4 is 20.1 Å². The number of hydrogen-bond acceptors (Lipinski definition) is 7. The molecule has 10 heteroatoms. The first-order chi connectivity index (χ1) is 16.1. The van der Waals surface area contributed by atoms with Gasteiger partial charge >= 0.3 is 5.97 Å². The molecule has 2 atom stereocenters. The van der Waals surface area contributed by atoms with Crippen molar-refractivity contribution in [1.82, 2.24) is 10.6 Å². The molecule has 1 rings (SSSR count). The molecule has 2 unspecified atom stereocenters. The molecule has 34 heavy (non-hydrogen) atoms. The van der Waals surface area contributed by atoms with E-state index >= 15 is 0 Å². The smallest absolute Gasteiger partial charge is 0.305 e. The summed E-state index contributed by atoms with van der Waals surface area (Å²) < 4.78 is 10.5. The quantitative estimate of drug-likeness (QED) is 0.298. The van der Waals surface area contributed by atoms with Gasteiger partial charge in [-0.3, -0.25) is 19.2 Å². The van der Waals surface area contributed by atoms with Gasteiger partial charge in [-0.15, -0.1) is 0 Å². The molecular formula is C24H36N2O7S. The van der Waals surface area contributed by atoms with Crippen LogP contribution in [-0.4, -0.2) is 66.5 Å². The van der Waals surface area contributed by atoms with E-state index in [1.54, 1.807) is 32.0 Å². The first-order valence-corrected chi connectivity index (χ1v) is 12.4. The molecule has 0 saturated heterocycles. The lowest BCUT2D eigenvalue weighted by Gasteiger charge is -2.25. The zero-order valence-electron chi connectivity index (χ0n) is 20.5. The number of amides is 2. The van der Waals surface area contributed by atoms with Gasteiger partial charge in [-0.05, 0) is 36.3 Å². The number of unbranched alkanes of at least 4 members (excludes halogenated alkanes) is 1. The standard InChI is InChI=1S/C24H36N2O7S/c1-6-7-10-34-14-19(27)18(13-22(29)30)25-24(31)23(15(2)3)26-21(28)12-16-11-17(32-4)8-9-20(16)33-5/h8-9,11,15,18,23H,6-7,10,12-14H2,1-5H3,(H,25,31)(H,26,28)(H,29,30). The van der Waals surface area contributed by atoms with E-state index in [1.807, 2.05) is 6.92 Å². The molecule has 0 heterocycles. The van der Waals surface area contributed by atoms with E-state index in [2.05, 4.69) is 10.6 Å². The lowest BCUT2D eigenvalue weighted by atomic mass is 10.0. The Morgan fingerprint density at radius 3 is 2.35 bits per heavy atom. The summed E-state index contributed by atoms with van der Waals surface area (Å²) in [7, 11) is 3.01. The first kappa shape index (κ1) is 29.3. The largest absolute Gasteiger partial charge is 0.497 e. The molecule has 0 aliphatic heterocycles. The first-order valence-electron chi connectivity index (χ1n) is 11.3. The number of carbonyl (C=O) groups is 4. The van der Waals surface area contributed by atoms with Crippen LogP contribution in [-0.2, 0) is 25.6 Å². The number of rotatable bonds is 16. The van der Waals surface area contributed by atoms with Crippen molar-refractivity contribution in [3.8, 4) is 11.5 Å². The van der Waals surface area contributed by atoms with Gasteiger partial charge in [-0.1, -0.05) is 27.2 Å². The summed E-state index contributed by atoms with van der Waals surface area (Å²) in [6.45, 7) is 5.55. The Labute approximate surface area is 205 Å². The number of ether oxygens (including phenoxy) is 2. The Kier molecular flexibility index (Phi) is 13.1. The van der Waals surface area contributed by atoms with Gasteiger partial charge in [-0.25, -0.2) is 0 Å².